The SMILES string of the molecule is COc1cc([C@H]2N(Cc3ccccc3)CC(=O)N2/N=C(/C)c2ccc(Cl)cc2)ccc1O. The zero-order valence-corrected chi connectivity index (χ0v) is 18.7. The lowest BCUT2D eigenvalue weighted by molar-refractivity contribution is -0.128. The molecule has 7 heteroatoms. The second-order valence-electron chi connectivity index (χ2n) is 7.63. The van der Waals surface area contributed by atoms with Gasteiger partial charge in [0.15, 0.2) is 11.5 Å². The van der Waals surface area contributed by atoms with E-state index in [2.05, 4.69) is 4.90 Å². The lowest BCUT2D eigenvalue weighted by atomic mass is 10.1. The van der Waals surface area contributed by atoms with Crippen LogP contribution in [0.3, 0.4) is 0 Å². The number of methoxy groups -OCH3 is 1. The zero-order chi connectivity index (χ0) is 22.7. The Labute approximate surface area is 192 Å². The predicted molar refractivity (Wildman–Crippen MR) is 125 cm³/mol. The highest BCUT2D eigenvalue weighted by atomic mass is 35.5. The molecule has 1 heterocycles. The van der Waals surface area contributed by atoms with E-state index in [4.69, 9.17) is 21.4 Å². The van der Waals surface area contributed by atoms with Gasteiger partial charge in [-0.05, 0) is 47.9 Å². The molecule has 0 aromatic heterocycles. The summed E-state index contributed by atoms with van der Waals surface area (Å²) in [7, 11) is 1.50. The lowest BCUT2D eigenvalue weighted by Gasteiger charge is -2.28. The van der Waals surface area contributed by atoms with Gasteiger partial charge in [-0.3, -0.25) is 9.69 Å². The second kappa shape index (κ2) is 9.42. The Kier molecular flexibility index (Phi) is 6.44. The zero-order valence-electron chi connectivity index (χ0n) is 17.9. The van der Waals surface area contributed by atoms with E-state index in [9.17, 15) is 9.90 Å². The number of carbonyl (C=O) groups is 1. The highest BCUT2D eigenvalue weighted by Gasteiger charge is 2.39. The first-order valence-corrected chi connectivity index (χ1v) is 10.6. The fourth-order valence-electron chi connectivity index (χ4n) is 3.81. The Balaban J connectivity index is 1.73. The number of halogens is 1. The van der Waals surface area contributed by atoms with Gasteiger partial charge >= 0.3 is 0 Å². The van der Waals surface area contributed by atoms with Crippen molar-refractivity contribution in [1.29, 1.82) is 0 Å². The van der Waals surface area contributed by atoms with Crippen LogP contribution in [0.15, 0.2) is 77.9 Å². The van der Waals surface area contributed by atoms with Crippen LogP contribution in [0.5, 0.6) is 11.5 Å². The molecular weight excluding hydrogens is 426 g/mol. The Morgan fingerprint density at radius 2 is 1.84 bits per heavy atom. The summed E-state index contributed by atoms with van der Waals surface area (Å²) in [5.74, 6) is 0.286. The van der Waals surface area contributed by atoms with E-state index in [1.165, 1.54) is 12.1 Å². The van der Waals surface area contributed by atoms with Crippen molar-refractivity contribution in [2.75, 3.05) is 13.7 Å². The molecule has 0 aliphatic carbocycles. The van der Waals surface area contributed by atoms with Crippen LogP contribution in [0.25, 0.3) is 0 Å². The van der Waals surface area contributed by atoms with E-state index < -0.39 is 6.17 Å². The molecule has 1 aliphatic heterocycles. The Hall–Kier alpha value is -3.35. The maximum atomic E-state index is 13.1. The van der Waals surface area contributed by atoms with Crippen LogP contribution >= 0.6 is 11.6 Å². The van der Waals surface area contributed by atoms with Gasteiger partial charge in [-0.1, -0.05) is 60.1 Å². The Morgan fingerprint density at radius 3 is 2.53 bits per heavy atom. The average molecular weight is 450 g/mol. The molecule has 32 heavy (non-hydrogen) atoms. The number of hydrazone groups is 1. The second-order valence-corrected chi connectivity index (χ2v) is 8.06. The van der Waals surface area contributed by atoms with Gasteiger partial charge in [-0.2, -0.15) is 5.10 Å². The number of carbonyl (C=O) groups excluding carboxylic acids is 1. The van der Waals surface area contributed by atoms with Crippen molar-refractivity contribution in [2.24, 2.45) is 5.10 Å². The summed E-state index contributed by atoms with van der Waals surface area (Å²) in [6, 6.07) is 22.4. The van der Waals surface area contributed by atoms with E-state index in [1.54, 1.807) is 30.3 Å². The molecule has 1 fully saturated rings. The van der Waals surface area contributed by atoms with Crippen LogP contribution in [0.2, 0.25) is 5.02 Å². The molecule has 6 nitrogen and oxygen atoms in total. The fraction of sp³-hybridized carbons (Fsp3) is 0.200. The quantitative estimate of drug-likeness (QED) is 0.548. The largest absolute Gasteiger partial charge is 0.504 e. The summed E-state index contributed by atoms with van der Waals surface area (Å²) in [6.45, 7) is 2.66. The number of phenols is 1. The molecule has 1 aliphatic rings. The van der Waals surface area contributed by atoms with E-state index in [1.807, 2.05) is 49.4 Å². The molecule has 0 bridgehead atoms. The number of nitrogens with zero attached hydrogens (tertiary/aromatic N) is 3. The minimum atomic E-state index is -0.445. The minimum absolute atomic E-state index is 0.0441. The Morgan fingerprint density at radius 1 is 1.12 bits per heavy atom. The average Bonchev–Trinajstić information content (AvgIpc) is 3.09. The van der Waals surface area contributed by atoms with Crippen LogP contribution in [-0.2, 0) is 11.3 Å². The normalized spacial score (nSPS) is 17.1. The van der Waals surface area contributed by atoms with Gasteiger partial charge in [0.25, 0.3) is 5.91 Å². The van der Waals surface area contributed by atoms with E-state index >= 15 is 0 Å². The summed E-state index contributed by atoms with van der Waals surface area (Å²) in [5.41, 5.74) is 3.48. The highest BCUT2D eigenvalue weighted by molar-refractivity contribution is 6.30. The third-order valence-corrected chi connectivity index (χ3v) is 5.67. The summed E-state index contributed by atoms with van der Waals surface area (Å²) in [5, 5.41) is 16.9. The molecular formula is C25H24ClN3O3. The number of hydrogen-bond acceptors (Lipinski definition) is 5. The number of amides is 1. The lowest BCUT2D eigenvalue weighted by Crippen LogP contribution is -2.29. The smallest absolute Gasteiger partial charge is 0.258 e. The van der Waals surface area contributed by atoms with Crippen molar-refractivity contribution in [1.82, 2.24) is 9.91 Å². The number of rotatable bonds is 6. The molecule has 1 N–H and O–H groups in total. The highest BCUT2D eigenvalue weighted by Crippen LogP contribution is 2.37. The van der Waals surface area contributed by atoms with Crippen molar-refractivity contribution in [3.8, 4) is 11.5 Å². The van der Waals surface area contributed by atoms with Crippen molar-refractivity contribution >= 4 is 23.2 Å². The van der Waals surface area contributed by atoms with Gasteiger partial charge in [0.2, 0.25) is 0 Å². The topological polar surface area (TPSA) is 65.4 Å². The number of aromatic hydroxyl groups is 1. The summed E-state index contributed by atoms with van der Waals surface area (Å²) in [4.78, 5) is 15.1. The van der Waals surface area contributed by atoms with Crippen LogP contribution in [0.4, 0.5) is 0 Å². The van der Waals surface area contributed by atoms with Crippen molar-refractivity contribution < 1.29 is 14.6 Å². The summed E-state index contributed by atoms with van der Waals surface area (Å²) >= 11 is 6.01. The maximum absolute atomic E-state index is 13.1. The van der Waals surface area contributed by atoms with Crippen LogP contribution in [0, 0.1) is 0 Å². The molecule has 1 amide bonds. The van der Waals surface area contributed by atoms with E-state index in [0.29, 0.717) is 23.0 Å². The first-order chi connectivity index (χ1) is 15.5. The van der Waals surface area contributed by atoms with Gasteiger partial charge in [-0.15, -0.1) is 0 Å². The monoisotopic (exact) mass is 449 g/mol. The van der Waals surface area contributed by atoms with Gasteiger partial charge in [0.1, 0.15) is 6.17 Å². The Bertz CT molecular complexity index is 1130. The minimum Gasteiger partial charge on any atom is -0.504 e. The molecule has 3 aromatic rings. The molecule has 0 unspecified atom stereocenters. The first-order valence-electron chi connectivity index (χ1n) is 10.2. The number of hydrogen-bond donors (Lipinski definition) is 1. The van der Waals surface area contributed by atoms with Crippen molar-refractivity contribution in [3.63, 3.8) is 0 Å². The molecule has 1 atom stereocenters. The van der Waals surface area contributed by atoms with Crippen LogP contribution in [0.1, 0.15) is 29.8 Å². The third kappa shape index (κ3) is 4.61. The molecule has 164 valence electrons. The standard InChI is InChI=1S/C25H24ClN3O3/c1-17(19-8-11-21(26)12-9-19)27-29-24(31)16-28(15-18-6-4-3-5-7-18)25(29)20-10-13-22(30)23(14-20)32-2/h3-14,25,30H,15-16H2,1-2H3/b27-17-/t25-/m0/s1. The summed E-state index contributed by atoms with van der Waals surface area (Å²) in [6.07, 6.45) is -0.445. The van der Waals surface area contributed by atoms with Crippen molar-refractivity contribution in [2.45, 2.75) is 19.6 Å². The molecule has 1 saturated heterocycles. The molecule has 3 aromatic carbocycles. The van der Waals surface area contributed by atoms with Gasteiger partial charge in [-0.25, -0.2) is 5.01 Å². The molecule has 4 rings (SSSR count). The van der Waals surface area contributed by atoms with E-state index in [-0.39, 0.29) is 18.2 Å². The predicted octanol–water partition coefficient (Wildman–Crippen LogP) is 4.82. The van der Waals surface area contributed by atoms with Gasteiger partial charge in [0, 0.05) is 11.6 Å². The third-order valence-electron chi connectivity index (χ3n) is 5.42. The maximum Gasteiger partial charge on any atom is 0.258 e. The van der Waals surface area contributed by atoms with Crippen LogP contribution < -0.4 is 4.74 Å². The molecule has 0 spiro atoms. The first kappa shape index (κ1) is 21.9. The fourth-order valence-corrected chi connectivity index (χ4v) is 3.94. The van der Waals surface area contributed by atoms with Crippen LogP contribution in [-0.4, -0.2) is 40.3 Å². The van der Waals surface area contributed by atoms with E-state index in [0.717, 1.165) is 16.7 Å². The number of phenolic OH excluding ortho intramolecular Hbond substituents is 1. The van der Waals surface area contributed by atoms with Crippen molar-refractivity contribution in [3.05, 3.63) is 94.5 Å². The number of benzene rings is 3. The summed E-state index contributed by atoms with van der Waals surface area (Å²) < 4.78 is 5.30. The molecule has 0 saturated carbocycles. The molecule has 0 radical (unpaired) electrons. The number of ether oxygens (including phenoxy) is 1. The van der Waals surface area contributed by atoms with Gasteiger partial charge < -0.3 is 9.84 Å². The van der Waals surface area contributed by atoms with Gasteiger partial charge in [0.05, 0.1) is 19.4 Å².